The summed E-state index contributed by atoms with van der Waals surface area (Å²) in [5.41, 5.74) is 3.83. The highest BCUT2D eigenvalue weighted by Gasteiger charge is 2.31. The van der Waals surface area contributed by atoms with E-state index in [1.807, 2.05) is 0 Å². The van der Waals surface area contributed by atoms with E-state index in [0.29, 0.717) is 44.9 Å². The Morgan fingerprint density at radius 2 is 2.06 bits per heavy atom. The molecule has 0 bridgehead atoms. The number of alkyl halides is 3. The van der Waals surface area contributed by atoms with Gasteiger partial charge >= 0.3 is 6.36 Å². The van der Waals surface area contributed by atoms with Crippen molar-refractivity contribution >= 4 is 33.6 Å². The number of hydrogen-bond donors (Lipinski definition) is 1. The summed E-state index contributed by atoms with van der Waals surface area (Å²) >= 11 is 3.26. The molecule has 3 heterocycles. The maximum atomic E-state index is 12.8. The van der Waals surface area contributed by atoms with Gasteiger partial charge < -0.3 is 10.1 Å². The second kappa shape index (κ2) is 9.51. The lowest BCUT2D eigenvalue weighted by molar-refractivity contribution is -0.274. The van der Waals surface area contributed by atoms with E-state index in [-0.39, 0.29) is 18.1 Å². The summed E-state index contributed by atoms with van der Waals surface area (Å²) in [5, 5.41) is 7.73. The summed E-state index contributed by atoms with van der Waals surface area (Å²) in [6.45, 7) is 4.23. The summed E-state index contributed by atoms with van der Waals surface area (Å²) in [6.07, 6.45) is -0.0883. The number of nitrogens with zero attached hydrogens (tertiary/aromatic N) is 4. The molecule has 0 atom stereocenters. The molecule has 0 saturated heterocycles. The fourth-order valence-electron chi connectivity index (χ4n) is 3.66. The predicted octanol–water partition coefficient (Wildman–Crippen LogP) is 5.47. The number of allylic oxidation sites excluding steroid dienone is 1. The number of hydrogen-bond acceptors (Lipinski definition) is 6. The molecule has 1 aliphatic heterocycles. The molecular formula is C23H19BrF3N5O2. The van der Waals surface area contributed by atoms with E-state index in [9.17, 15) is 18.0 Å². The van der Waals surface area contributed by atoms with Gasteiger partial charge in [-0.25, -0.2) is 4.68 Å². The van der Waals surface area contributed by atoms with Crippen LogP contribution in [-0.2, 0) is 6.54 Å². The summed E-state index contributed by atoms with van der Waals surface area (Å²) in [5.74, 6) is -0.414. The van der Waals surface area contributed by atoms with Crippen LogP contribution in [-0.4, -0.2) is 39.7 Å². The number of aromatic nitrogens is 3. The maximum absolute atomic E-state index is 12.8. The van der Waals surface area contributed by atoms with Crippen LogP contribution in [0.25, 0.3) is 28.3 Å². The van der Waals surface area contributed by atoms with Crippen LogP contribution >= 0.6 is 15.9 Å². The summed E-state index contributed by atoms with van der Waals surface area (Å²) in [6, 6.07) is 7.57. The number of halogens is 4. The van der Waals surface area contributed by atoms with Crippen molar-refractivity contribution in [2.24, 2.45) is 4.99 Å². The molecular weight excluding hydrogens is 515 g/mol. The van der Waals surface area contributed by atoms with E-state index in [2.05, 4.69) is 41.1 Å². The van der Waals surface area contributed by atoms with Gasteiger partial charge in [-0.1, -0.05) is 15.9 Å². The summed E-state index contributed by atoms with van der Waals surface area (Å²) in [4.78, 5) is 20.9. The molecule has 0 amide bonds. The Kier molecular flexibility index (Phi) is 6.67. The molecule has 7 nitrogen and oxygen atoms in total. The third kappa shape index (κ3) is 5.10. The van der Waals surface area contributed by atoms with Crippen molar-refractivity contribution in [3.8, 4) is 28.4 Å². The largest absolute Gasteiger partial charge is 0.573 e. The van der Waals surface area contributed by atoms with Crippen LogP contribution in [0.5, 0.6) is 5.75 Å². The van der Waals surface area contributed by atoms with E-state index < -0.39 is 6.36 Å². The van der Waals surface area contributed by atoms with Crippen LogP contribution in [0.4, 0.5) is 13.2 Å². The molecule has 0 radical (unpaired) electrons. The van der Waals surface area contributed by atoms with Crippen LogP contribution in [0.1, 0.15) is 29.8 Å². The lowest BCUT2D eigenvalue weighted by atomic mass is 9.98. The van der Waals surface area contributed by atoms with Crippen LogP contribution in [0.2, 0.25) is 0 Å². The molecule has 2 aromatic heterocycles. The van der Waals surface area contributed by atoms with Crippen molar-refractivity contribution in [2.45, 2.75) is 26.8 Å². The smallest absolute Gasteiger partial charge is 0.406 e. The highest BCUT2D eigenvalue weighted by Crippen LogP contribution is 2.35. The Labute approximate surface area is 201 Å². The number of ketones is 1. The predicted molar refractivity (Wildman–Crippen MR) is 125 cm³/mol. The first-order valence-corrected chi connectivity index (χ1v) is 11.0. The van der Waals surface area contributed by atoms with Crippen LogP contribution in [0.3, 0.4) is 0 Å². The Morgan fingerprint density at radius 1 is 1.26 bits per heavy atom. The molecule has 3 aromatic rings. The van der Waals surface area contributed by atoms with Gasteiger partial charge in [0.15, 0.2) is 5.78 Å². The van der Waals surface area contributed by atoms with Crippen molar-refractivity contribution in [1.82, 2.24) is 20.1 Å². The summed E-state index contributed by atoms with van der Waals surface area (Å²) in [7, 11) is 0. The van der Waals surface area contributed by atoms with Gasteiger partial charge in [0.2, 0.25) is 0 Å². The standard InChI is InChI=1S/C23H19BrF3N5O2/c1-3-28-10-13(2)32-20(14-6-15(24)8-16(7-14)34-23(25,26)27)9-19(31-32)22-18-11-29-12-21(33)17(18)4-5-30-22/h3-10,29H,11-12H2,1-2H3/b13-10+,28-3?. The fraction of sp³-hybridized carbons (Fsp3) is 0.217. The van der Waals surface area contributed by atoms with Gasteiger partial charge in [-0.15, -0.1) is 13.2 Å². The Hall–Kier alpha value is -3.31. The number of Topliss-reactive ketones (excluding diaryl/α,β-unsaturated/α-hetero) is 1. The SMILES string of the molecule is CC=N/C=C(\C)n1nc(-c2nccc3c2CNCC3=O)cc1-c1cc(Br)cc(OC(F)(F)F)c1. The minimum absolute atomic E-state index is 0.0427. The minimum atomic E-state index is -4.83. The number of carbonyl (C=O) groups excluding carboxylic acids is 1. The molecule has 11 heteroatoms. The van der Waals surface area contributed by atoms with Gasteiger partial charge in [-0.3, -0.25) is 14.8 Å². The molecule has 0 aliphatic carbocycles. The number of ether oxygens (including phenoxy) is 1. The van der Waals surface area contributed by atoms with Gasteiger partial charge in [0.1, 0.15) is 11.4 Å². The first-order valence-electron chi connectivity index (χ1n) is 10.2. The van der Waals surface area contributed by atoms with E-state index >= 15 is 0 Å². The third-order valence-corrected chi connectivity index (χ3v) is 5.50. The van der Waals surface area contributed by atoms with Crippen molar-refractivity contribution < 1.29 is 22.7 Å². The minimum Gasteiger partial charge on any atom is -0.406 e. The molecule has 1 aromatic carbocycles. The molecule has 0 saturated carbocycles. The zero-order chi connectivity index (χ0) is 24.5. The van der Waals surface area contributed by atoms with Gasteiger partial charge in [0.05, 0.1) is 23.6 Å². The zero-order valence-corrected chi connectivity index (χ0v) is 19.7. The van der Waals surface area contributed by atoms with Gasteiger partial charge in [-0.2, -0.15) is 5.10 Å². The monoisotopic (exact) mass is 533 g/mol. The molecule has 0 unspecified atom stereocenters. The fourth-order valence-corrected chi connectivity index (χ4v) is 4.13. The number of aliphatic imine (C=N–C) groups is 1. The summed E-state index contributed by atoms with van der Waals surface area (Å²) < 4.78 is 44.7. The quantitative estimate of drug-likeness (QED) is 0.440. The van der Waals surface area contributed by atoms with Gasteiger partial charge in [0, 0.05) is 46.3 Å². The van der Waals surface area contributed by atoms with Crippen molar-refractivity contribution in [1.29, 1.82) is 0 Å². The molecule has 0 fully saturated rings. The van der Waals surface area contributed by atoms with Gasteiger partial charge in [0.25, 0.3) is 0 Å². The topological polar surface area (TPSA) is 81.4 Å². The lowest BCUT2D eigenvalue weighted by Gasteiger charge is -2.17. The number of carbonyl (C=O) groups is 1. The van der Waals surface area contributed by atoms with Crippen molar-refractivity contribution in [3.05, 3.63) is 58.3 Å². The van der Waals surface area contributed by atoms with Gasteiger partial charge in [-0.05, 0) is 44.2 Å². The molecule has 176 valence electrons. The van der Waals surface area contributed by atoms with E-state index in [1.165, 1.54) is 12.1 Å². The van der Waals surface area contributed by atoms with E-state index in [1.54, 1.807) is 55.3 Å². The first-order chi connectivity index (χ1) is 16.2. The average molecular weight is 534 g/mol. The molecule has 1 N–H and O–H groups in total. The highest BCUT2D eigenvalue weighted by molar-refractivity contribution is 9.10. The van der Waals surface area contributed by atoms with E-state index in [0.717, 1.165) is 5.56 Å². The number of pyridine rings is 1. The Morgan fingerprint density at radius 3 is 2.79 bits per heavy atom. The van der Waals surface area contributed by atoms with E-state index in [4.69, 9.17) is 0 Å². The Balaban J connectivity index is 1.90. The highest BCUT2D eigenvalue weighted by atomic mass is 79.9. The maximum Gasteiger partial charge on any atom is 0.573 e. The molecule has 4 rings (SSSR count). The zero-order valence-electron chi connectivity index (χ0n) is 18.2. The van der Waals surface area contributed by atoms with Crippen molar-refractivity contribution in [2.75, 3.05) is 6.54 Å². The third-order valence-electron chi connectivity index (χ3n) is 5.04. The molecule has 0 spiro atoms. The number of rotatable bonds is 5. The number of fused-ring (bicyclic) bond motifs is 1. The lowest BCUT2D eigenvalue weighted by Crippen LogP contribution is -2.30. The Bertz CT molecular complexity index is 1310. The van der Waals surface area contributed by atoms with Crippen molar-refractivity contribution in [3.63, 3.8) is 0 Å². The molecule has 34 heavy (non-hydrogen) atoms. The van der Waals surface area contributed by atoms with Crippen LogP contribution in [0.15, 0.2) is 52.2 Å². The normalized spacial score (nSPS) is 14.5. The van der Waals surface area contributed by atoms with Crippen LogP contribution < -0.4 is 10.1 Å². The number of benzene rings is 1. The number of nitrogens with one attached hydrogen (secondary N) is 1. The van der Waals surface area contributed by atoms with Crippen LogP contribution in [0, 0.1) is 0 Å². The average Bonchev–Trinajstić information content (AvgIpc) is 3.21. The second-order valence-electron chi connectivity index (χ2n) is 7.44. The second-order valence-corrected chi connectivity index (χ2v) is 8.36. The molecule has 1 aliphatic rings. The first kappa shape index (κ1) is 23.8.